The molecule has 0 aliphatic rings. The first-order chi connectivity index (χ1) is 19.0. The zero-order valence-corrected chi connectivity index (χ0v) is 21.8. The number of Topliss-reactive ketones (excluding diaryl/α,β-unsaturated/α-hetero) is 2. The number of ketones is 2. The van der Waals surface area contributed by atoms with Gasteiger partial charge < -0.3 is 26.7 Å². The second-order valence-corrected chi connectivity index (χ2v) is 9.04. The molecular weight excluding hydrogens is 586 g/mol. The third-order valence-electron chi connectivity index (χ3n) is 4.86. The van der Waals surface area contributed by atoms with Gasteiger partial charge in [-0.1, -0.05) is 18.2 Å². The molecule has 0 saturated carbocycles. The molecule has 0 spiro atoms. The van der Waals surface area contributed by atoms with Crippen molar-refractivity contribution in [2.45, 2.75) is 31.2 Å². The molecule has 17 heteroatoms. The first-order valence-electron chi connectivity index (χ1n) is 11.4. The van der Waals surface area contributed by atoms with Gasteiger partial charge >= 0.3 is 18.3 Å². The number of alkyl halides is 6. The van der Waals surface area contributed by atoms with E-state index < -0.39 is 60.0 Å². The van der Waals surface area contributed by atoms with Crippen molar-refractivity contribution in [1.29, 1.82) is 0 Å². The number of aliphatic carboxylic acids is 1. The average Bonchev–Trinajstić information content (AvgIpc) is 2.91. The lowest BCUT2D eigenvalue weighted by atomic mass is 10.1. The first-order valence-corrected chi connectivity index (χ1v) is 12.6. The average molecular weight is 611 g/mol. The Labute approximate surface area is 233 Å². The van der Waals surface area contributed by atoms with Gasteiger partial charge in [0.2, 0.25) is 17.5 Å². The van der Waals surface area contributed by atoms with Gasteiger partial charge in [0, 0.05) is 6.07 Å². The Balaban J connectivity index is 0.00000106. The molecule has 0 bridgehead atoms. The number of thioether (sulfide) groups is 1. The Bertz CT molecular complexity index is 1240. The van der Waals surface area contributed by atoms with E-state index in [1.54, 1.807) is 30.3 Å². The van der Waals surface area contributed by atoms with E-state index in [9.17, 15) is 45.5 Å². The van der Waals surface area contributed by atoms with Gasteiger partial charge in [0.05, 0.1) is 23.9 Å². The summed E-state index contributed by atoms with van der Waals surface area (Å²) < 4.78 is 69.2. The second kappa shape index (κ2) is 15.8. The number of carboxylic acid groups (broad SMARTS) is 1. The lowest BCUT2D eigenvalue weighted by molar-refractivity contribution is -0.572. The van der Waals surface area contributed by atoms with Crippen LogP contribution >= 0.6 is 11.8 Å². The van der Waals surface area contributed by atoms with Crippen LogP contribution in [0.15, 0.2) is 48.7 Å². The molecule has 10 nitrogen and oxygen atoms in total. The number of hydrogen-bond donors (Lipinski definition) is 3. The van der Waals surface area contributed by atoms with E-state index in [2.05, 4.69) is 5.32 Å². The van der Waals surface area contributed by atoms with E-state index in [0.29, 0.717) is 12.0 Å². The van der Waals surface area contributed by atoms with Gasteiger partial charge in [-0.3, -0.25) is 14.4 Å². The maximum atomic E-state index is 12.9. The van der Waals surface area contributed by atoms with Gasteiger partial charge in [-0.2, -0.15) is 38.1 Å². The fourth-order valence-electron chi connectivity index (χ4n) is 2.89. The highest BCUT2D eigenvalue weighted by Gasteiger charge is 2.37. The third kappa shape index (κ3) is 11.7. The van der Waals surface area contributed by atoms with Crippen molar-refractivity contribution in [2.24, 2.45) is 11.5 Å². The van der Waals surface area contributed by atoms with Crippen LogP contribution in [-0.4, -0.2) is 65.8 Å². The Kier molecular flexibility index (Phi) is 13.6. The molecule has 0 unspecified atom stereocenters. The van der Waals surface area contributed by atoms with Gasteiger partial charge in [0.15, 0.2) is 6.20 Å². The highest BCUT2D eigenvalue weighted by Crippen LogP contribution is 2.19. The van der Waals surface area contributed by atoms with Gasteiger partial charge in [0.1, 0.15) is 11.7 Å². The van der Waals surface area contributed by atoms with Crippen LogP contribution in [0.4, 0.5) is 32.0 Å². The van der Waals surface area contributed by atoms with E-state index >= 15 is 0 Å². The fourth-order valence-corrected chi connectivity index (χ4v) is 3.75. The zero-order chi connectivity index (χ0) is 31.4. The van der Waals surface area contributed by atoms with Crippen molar-refractivity contribution in [3.8, 4) is 0 Å². The number of nitrogens with two attached hydrogens (primary N) is 2. The van der Waals surface area contributed by atoms with Crippen LogP contribution in [0.25, 0.3) is 0 Å². The minimum Gasteiger partial charge on any atom is -0.542 e. The van der Waals surface area contributed by atoms with Crippen LogP contribution in [0.5, 0.6) is 0 Å². The van der Waals surface area contributed by atoms with Gasteiger partial charge in [0.25, 0.3) is 5.69 Å². The van der Waals surface area contributed by atoms with Gasteiger partial charge in [-0.15, -0.1) is 4.57 Å². The molecule has 1 aromatic carbocycles. The summed E-state index contributed by atoms with van der Waals surface area (Å²) in [5, 5.41) is 11.3. The minimum atomic E-state index is -5.19. The number of anilines is 1. The molecule has 0 radical (unpaired) electrons. The number of carboxylic acids is 1. The van der Waals surface area contributed by atoms with Crippen LogP contribution in [0.1, 0.15) is 33.7 Å². The topological polar surface area (TPSA) is 176 Å². The minimum absolute atomic E-state index is 0.0489. The summed E-state index contributed by atoms with van der Waals surface area (Å²) in [6, 6.07) is 10.1. The number of benzene rings is 1. The maximum Gasteiger partial charge on any atom is 0.450 e. The lowest BCUT2D eigenvalue weighted by Gasteiger charge is -2.13. The monoisotopic (exact) mass is 610 g/mol. The van der Waals surface area contributed by atoms with E-state index in [0.717, 1.165) is 16.3 Å². The van der Waals surface area contributed by atoms with Crippen LogP contribution in [0.3, 0.4) is 0 Å². The van der Waals surface area contributed by atoms with Gasteiger partial charge in [-0.25, -0.2) is 4.79 Å². The maximum absolute atomic E-state index is 12.9. The number of rotatable bonds is 11. The SMILES string of the molecule is NCC(=O)c1c(NC(=O)[C@@H](N)CCCSCC(=O)C(F)(F)F)ccc[n+]1C(=O)c1ccccc1.O=C([O-])C(F)(F)F. The summed E-state index contributed by atoms with van der Waals surface area (Å²) in [5.41, 5.74) is 11.6. The molecule has 1 atom stereocenters. The van der Waals surface area contributed by atoms with Crippen molar-refractivity contribution in [2.75, 3.05) is 23.4 Å². The molecule has 0 fully saturated rings. The van der Waals surface area contributed by atoms with E-state index in [1.165, 1.54) is 18.3 Å². The predicted octanol–water partition coefficient (Wildman–Crippen LogP) is 1.01. The van der Waals surface area contributed by atoms with Crippen LogP contribution in [0.2, 0.25) is 0 Å². The molecule has 0 saturated heterocycles. The summed E-state index contributed by atoms with van der Waals surface area (Å²) in [4.78, 5) is 57.6. The molecule has 2 rings (SSSR count). The van der Waals surface area contributed by atoms with Crippen molar-refractivity contribution in [1.82, 2.24) is 0 Å². The van der Waals surface area contributed by atoms with Crippen molar-refractivity contribution in [3.05, 3.63) is 59.9 Å². The number of nitrogens with zero attached hydrogens (tertiary/aromatic N) is 1. The molecule has 1 amide bonds. The summed E-state index contributed by atoms with van der Waals surface area (Å²) in [5.74, 6) is -7.05. The Morgan fingerprint density at radius 2 is 1.54 bits per heavy atom. The number of aromatic nitrogens is 1. The Morgan fingerprint density at radius 3 is 2.05 bits per heavy atom. The van der Waals surface area contributed by atoms with Crippen molar-refractivity contribution < 1.29 is 60.0 Å². The summed E-state index contributed by atoms with van der Waals surface area (Å²) >= 11 is 0.802. The quantitative estimate of drug-likeness (QED) is 0.145. The molecule has 0 aliphatic heterocycles. The molecule has 5 N–H and O–H groups in total. The number of amides is 1. The number of carbonyl (C=O) groups is 5. The van der Waals surface area contributed by atoms with Crippen LogP contribution in [0, 0.1) is 0 Å². The second-order valence-electron chi connectivity index (χ2n) is 7.94. The normalized spacial score (nSPS) is 12.0. The fraction of sp³-hybridized carbons (Fsp3) is 0.333. The molecule has 224 valence electrons. The smallest absolute Gasteiger partial charge is 0.450 e. The highest BCUT2D eigenvalue weighted by molar-refractivity contribution is 7.99. The molecule has 0 aliphatic carbocycles. The Morgan fingerprint density at radius 1 is 0.951 bits per heavy atom. The first kappa shape index (κ1) is 35.2. The number of pyridine rings is 1. The van der Waals surface area contributed by atoms with Crippen molar-refractivity contribution >= 4 is 46.8 Å². The summed E-state index contributed by atoms with van der Waals surface area (Å²) in [7, 11) is 0. The molecule has 41 heavy (non-hydrogen) atoms. The largest absolute Gasteiger partial charge is 0.542 e. The lowest BCUT2D eigenvalue weighted by Crippen LogP contribution is -2.49. The Hall–Kier alpha value is -3.83. The van der Waals surface area contributed by atoms with Crippen LogP contribution in [-0.2, 0) is 14.4 Å². The van der Waals surface area contributed by atoms with E-state index in [-0.39, 0.29) is 23.6 Å². The van der Waals surface area contributed by atoms with E-state index in [1.807, 2.05) is 0 Å². The number of carbonyl (C=O) groups excluding carboxylic acids is 5. The molecule has 1 heterocycles. The number of hydrogen-bond acceptors (Lipinski definition) is 9. The standard InChI is InChI=1S/C22H23F3N4O4S.C2HF3O2/c23-22(24,25)18(31)13-34-11-5-8-15(27)20(32)28-16-9-4-10-29(19(16)17(30)12-26)21(33)14-6-2-1-3-7-14;3-2(4,5)1(6)7/h1-4,6-7,9-10,15H,5,8,11-13,26-27H2;(H,6,7)/t15-;/m0./s1. The van der Waals surface area contributed by atoms with E-state index in [4.69, 9.17) is 21.4 Å². The number of halogens is 6. The van der Waals surface area contributed by atoms with Gasteiger partial charge in [-0.05, 0) is 36.8 Å². The molecule has 2 aromatic rings. The molecule has 1 aromatic heterocycles. The molecular formula is C24H24F6N4O6S. The highest BCUT2D eigenvalue weighted by atomic mass is 32.2. The van der Waals surface area contributed by atoms with Crippen molar-refractivity contribution in [3.63, 3.8) is 0 Å². The van der Waals surface area contributed by atoms with Crippen LogP contribution < -0.4 is 26.5 Å². The summed E-state index contributed by atoms with van der Waals surface area (Å²) in [6.07, 6.45) is -8.25. The predicted molar refractivity (Wildman–Crippen MR) is 131 cm³/mol. The zero-order valence-electron chi connectivity index (χ0n) is 21.0. The number of nitrogens with one attached hydrogen (secondary N) is 1. The third-order valence-corrected chi connectivity index (χ3v) is 5.91. The summed E-state index contributed by atoms with van der Waals surface area (Å²) in [6.45, 7) is -0.408.